The molecule has 8 heteroatoms. The molecule has 2 aromatic rings. The van der Waals surface area contributed by atoms with Crippen LogP contribution >= 0.6 is 0 Å². The SMILES string of the molecule is O=C(C=Cc1ccc([N+](=O)[O-])cc1)NC1CC(=O)N(c2cccc(F)c2)C1. The lowest BCUT2D eigenvalue weighted by Crippen LogP contribution is -2.36. The highest BCUT2D eigenvalue weighted by molar-refractivity contribution is 5.98. The Balaban J connectivity index is 1.58. The van der Waals surface area contributed by atoms with Gasteiger partial charge in [-0.1, -0.05) is 6.07 Å². The highest BCUT2D eigenvalue weighted by Crippen LogP contribution is 2.22. The van der Waals surface area contributed by atoms with Crippen molar-refractivity contribution in [3.63, 3.8) is 0 Å². The first-order valence-corrected chi connectivity index (χ1v) is 8.21. The minimum Gasteiger partial charge on any atom is -0.347 e. The molecule has 2 aromatic carbocycles. The summed E-state index contributed by atoms with van der Waals surface area (Å²) in [5.74, 6) is -1.00. The number of anilines is 1. The molecular formula is C19H16FN3O4. The number of halogens is 1. The first-order chi connectivity index (χ1) is 12.9. The number of nitrogens with one attached hydrogen (secondary N) is 1. The van der Waals surface area contributed by atoms with E-state index >= 15 is 0 Å². The van der Waals surface area contributed by atoms with Crippen molar-refractivity contribution in [2.45, 2.75) is 12.5 Å². The zero-order chi connectivity index (χ0) is 19.4. The Bertz CT molecular complexity index is 911. The lowest BCUT2D eigenvalue weighted by Gasteiger charge is -2.17. The van der Waals surface area contributed by atoms with Crippen molar-refractivity contribution >= 4 is 29.3 Å². The summed E-state index contributed by atoms with van der Waals surface area (Å²) in [6.45, 7) is 0.263. The molecule has 7 nitrogen and oxygen atoms in total. The molecule has 3 rings (SSSR count). The molecule has 1 atom stereocenters. The van der Waals surface area contributed by atoms with Crippen LogP contribution in [0, 0.1) is 15.9 Å². The summed E-state index contributed by atoms with van der Waals surface area (Å²) in [5, 5.41) is 13.4. The third-order valence-corrected chi connectivity index (χ3v) is 4.12. The summed E-state index contributed by atoms with van der Waals surface area (Å²) < 4.78 is 13.3. The molecule has 0 saturated carbocycles. The van der Waals surface area contributed by atoms with Gasteiger partial charge < -0.3 is 10.2 Å². The summed E-state index contributed by atoms with van der Waals surface area (Å²) in [6, 6.07) is 11.1. The Labute approximate surface area is 154 Å². The molecule has 27 heavy (non-hydrogen) atoms. The van der Waals surface area contributed by atoms with Gasteiger partial charge in [0.05, 0.1) is 11.0 Å². The summed E-state index contributed by atoms with van der Waals surface area (Å²) in [4.78, 5) is 35.7. The third-order valence-electron chi connectivity index (χ3n) is 4.12. The smallest absolute Gasteiger partial charge is 0.269 e. The van der Waals surface area contributed by atoms with Crippen LogP contribution in [0.25, 0.3) is 6.08 Å². The third kappa shape index (κ3) is 4.55. The van der Waals surface area contributed by atoms with Crippen LogP contribution < -0.4 is 10.2 Å². The molecule has 2 amide bonds. The van der Waals surface area contributed by atoms with E-state index in [1.165, 1.54) is 59.5 Å². The van der Waals surface area contributed by atoms with Crippen molar-refractivity contribution in [2.75, 3.05) is 11.4 Å². The van der Waals surface area contributed by atoms with Crippen molar-refractivity contribution in [2.24, 2.45) is 0 Å². The first-order valence-electron chi connectivity index (χ1n) is 8.21. The van der Waals surface area contributed by atoms with Gasteiger partial charge in [-0.25, -0.2) is 4.39 Å². The summed E-state index contributed by atoms with van der Waals surface area (Å²) in [7, 11) is 0. The molecule has 0 aromatic heterocycles. The van der Waals surface area contributed by atoms with E-state index in [9.17, 15) is 24.1 Å². The maximum Gasteiger partial charge on any atom is 0.269 e. The fourth-order valence-corrected chi connectivity index (χ4v) is 2.83. The summed E-state index contributed by atoms with van der Waals surface area (Å²) in [5.41, 5.74) is 1.07. The normalized spacial score (nSPS) is 16.7. The lowest BCUT2D eigenvalue weighted by molar-refractivity contribution is -0.384. The quantitative estimate of drug-likeness (QED) is 0.498. The van der Waals surface area contributed by atoms with Crippen molar-refractivity contribution < 1.29 is 18.9 Å². The number of nitrogens with zero attached hydrogens (tertiary/aromatic N) is 2. The van der Waals surface area contributed by atoms with E-state index in [0.29, 0.717) is 11.3 Å². The van der Waals surface area contributed by atoms with Crippen LogP contribution in [0.5, 0.6) is 0 Å². The number of non-ortho nitro benzene ring substituents is 1. The highest BCUT2D eigenvalue weighted by Gasteiger charge is 2.31. The number of hydrogen-bond donors (Lipinski definition) is 1. The number of carbonyl (C=O) groups excluding carboxylic acids is 2. The minimum atomic E-state index is -0.498. The maximum atomic E-state index is 13.3. The molecule has 1 N–H and O–H groups in total. The van der Waals surface area contributed by atoms with Gasteiger partial charge in [0.2, 0.25) is 11.8 Å². The fourth-order valence-electron chi connectivity index (χ4n) is 2.83. The van der Waals surface area contributed by atoms with Crippen LogP contribution in [0.1, 0.15) is 12.0 Å². The predicted octanol–water partition coefficient (Wildman–Crippen LogP) is 2.67. The van der Waals surface area contributed by atoms with Gasteiger partial charge in [0.15, 0.2) is 0 Å². The molecule has 138 valence electrons. The number of benzene rings is 2. The molecule has 0 radical (unpaired) electrons. The predicted molar refractivity (Wildman–Crippen MR) is 97.4 cm³/mol. The van der Waals surface area contributed by atoms with E-state index in [1.807, 2.05) is 0 Å². The van der Waals surface area contributed by atoms with Crippen molar-refractivity contribution in [1.82, 2.24) is 5.32 Å². The van der Waals surface area contributed by atoms with Gasteiger partial charge in [0.25, 0.3) is 5.69 Å². The fraction of sp³-hybridized carbons (Fsp3) is 0.158. The summed E-state index contributed by atoms with van der Waals surface area (Å²) >= 11 is 0. The van der Waals surface area contributed by atoms with Crippen LogP contribution in [-0.2, 0) is 9.59 Å². The van der Waals surface area contributed by atoms with Crippen molar-refractivity contribution in [3.8, 4) is 0 Å². The van der Waals surface area contributed by atoms with Gasteiger partial charge in [-0.2, -0.15) is 0 Å². The molecule has 1 fully saturated rings. The van der Waals surface area contributed by atoms with E-state index < -0.39 is 10.7 Å². The number of nitro benzene ring substituents is 1. The Morgan fingerprint density at radius 2 is 2.00 bits per heavy atom. The van der Waals surface area contributed by atoms with Crippen molar-refractivity contribution in [1.29, 1.82) is 0 Å². The molecule has 0 bridgehead atoms. The standard InChI is InChI=1S/C19H16FN3O4/c20-14-2-1-3-17(10-14)22-12-15(11-19(22)25)21-18(24)9-6-13-4-7-16(8-5-13)23(26)27/h1-10,15H,11-12H2,(H,21,24). The first kappa shape index (κ1) is 18.2. The Morgan fingerprint density at radius 3 is 2.67 bits per heavy atom. The number of nitro groups is 1. The van der Waals surface area contributed by atoms with E-state index in [4.69, 9.17) is 0 Å². The topological polar surface area (TPSA) is 92.5 Å². The number of carbonyl (C=O) groups is 2. The zero-order valence-electron chi connectivity index (χ0n) is 14.2. The van der Waals surface area contributed by atoms with E-state index in [0.717, 1.165) is 0 Å². The number of rotatable bonds is 5. The molecule has 1 saturated heterocycles. The second-order valence-corrected chi connectivity index (χ2v) is 6.08. The van der Waals surface area contributed by atoms with Crippen molar-refractivity contribution in [3.05, 3.63) is 76.1 Å². The lowest BCUT2D eigenvalue weighted by atomic mass is 10.2. The van der Waals surface area contributed by atoms with E-state index in [1.54, 1.807) is 6.07 Å². The van der Waals surface area contributed by atoms with Gasteiger partial charge >= 0.3 is 0 Å². The number of amides is 2. The Morgan fingerprint density at radius 1 is 1.26 bits per heavy atom. The average Bonchev–Trinajstić information content (AvgIpc) is 3.00. The van der Waals surface area contributed by atoms with Crippen LogP contribution in [0.2, 0.25) is 0 Å². The molecule has 0 spiro atoms. The second kappa shape index (κ2) is 7.77. The molecule has 1 aliphatic heterocycles. The van der Waals surface area contributed by atoms with Gasteiger partial charge in [0.1, 0.15) is 5.82 Å². The Hall–Kier alpha value is -3.55. The minimum absolute atomic E-state index is 0.0292. The number of hydrogen-bond acceptors (Lipinski definition) is 4. The Kier molecular flexibility index (Phi) is 5.25. The van der Waals surface area contributed by atoms with Gasteiger partial charge in [0, 0.05) is 36.9 Å². The van der Waals surface area contributed by atoms with Crippen LogP contribution in [-0.4, -0.2) is 29.3 Å². The summed E-state index contributed by atoms with van der Waals surface area (Å²) in [6.07, 6.45) is 2.96. The van der Waals surface area contributed by atoms with Crippen LogP contribution in [0.15, 0.2) is 54.6 Å². The van der Waals surface area contributed by atoms with Gasteiger partial charge in [-0.3, -0.25) is 19.7 Å². The highest BCUT2D eigenvalue weighted by atomic mass is 19.1. The monoisotopic (exact) mass is 369 g/mol. The van der Waals surface area contributed by atoms with Crippen LogP contribution in [0.4, 0.5) is 15.8 Å². The zero-order valence-corrected chi connectivity index (χ0v) is 14.2. The largest absolute Gasteiger partial charge is 0.347 e. The maximum absolute atomic E-state index is 13.3. The van der Waals surface area contributed by atoms with Gasteiger partial charge in [-0.05, 0) is 42.0 Å². The van der Waals surface area contributed by atoms with Gasteiger partial charge in [-0.15, -0.1) is 0 Å². The molecule has 0 aliphatic carbocycles. The molecule has 1 aliphatic rings. The van der Waals surface area contributed by atoms with E-state index in [2.05, 4.69) is 5.32 Å². The molecule has 1 heterocycles. The van der Waals surface area contributed by atoms with Crippen LogP contribution in [0.3, 0.4) is 0 Å². The van der Waals surface area contributed by atoms with E-state index in [-0.39, 0.29) is 36.5 Å². The average molecular weight is 369 g/mol. The molecule has 1 unspecified atom stereocenters. The molecular weight excluding hydrogens is 353 g/mol. The second-order valence-electron chi connectivity index (χ2n) is 6.08.